The second kappa shape index (κ2) is 6.02. The fourth-order valence-corrected chi connectivity index (χ4v) is 2.59. The quantitative estimate of drug-likeness (QED) is 0.778. The summed E-state index contributed by atoms with van der Waals surface area (Å²) in [6.07, 6.45) is 4.22. The van der Waals surface area contributed by atoms with E-state index in [9.17, 15) is 0 Å². The Balaban J connectivity index is 2.46. The smallest absolute Gasteiger partial charge is 0.0590 e. The Bertz CT molecular complexity index is 197. The summed E-state index contributed by atoms with van der Waals surface area (Å²) in [5.74, 6) is 0.710. The van der Waals surface area contributed by atoms with Gasteiger partial charge >= 0.3 is 0 Å². The number of hydrogen-bond donors (Lipinski definition) is 1. The Morgan fingerprint density at radius 1 is 1.38 bits per heavy atom. The first-order chi connectivity index (χ1) is 7.44. The van der Waals surface area contributed by atoms with Crippen molar-refractivity contribution in [2.24, 2.45) is 11.3 Å². The zero-order valence-corrected chi connectivity index (χ0v) is 11.7. The van der Waals surface area contributed by atoms with E-state index in [0.717, 1.165) is 13.2 Å². The molecule has 1 aliphatic rings. The fourth-order valence-electron chi connectivity index (χ4n) is 2.59. The first kappa shape index (κ1) is 14.0. The van der Waals surface area contributed by atoms with E-state index in [0.29, 0.717) is 23.5 Å². The van der Waals surface area contributed by atoms with Gasteiger partial charge in [0.05, 0.1) is 6.10 Å². The van der Waals surface area contributed by atoms with Crippen LogP contribution < -0.4 is 5.32 Å². The summed E-state index contributed by atoms with van der Waals surface area (Å²) in [5, 5.41) is 3.65. The van der Waals surface area contributed by atoms with Crippen LogP contribution in [0.4, 0.5) is 0 Å². The number of rotatable bonds is 5. The van der Waals surface area contributed by atoms with E-state index < -0.39 is 0 Å². The molecule has 1 saturated heterocycles. The van der Waals surface area contributed by atoms with E-state index in [1.807, 2.05) is 0 Å². The van der Waals surface area contributed by atoms with E-state index in [4.69, 9.17) is 4.74 Å². The lowest BCUT2D eigenvalue weighted by Crippen LogP contribution is -2.39. The van der Waals surface area contributed by atoms with Crippen molar-refractivity contribution in [3.8, 4) is 0 Å². The average molecular weight is 227 g/mol. The number of ether oxygens (including phenoxy) is 1. The van der Waals surface area contributed by atoms with Crippen LogP contribution in [0.15, 0.2) is 0 Å². The van der Waals surface area contributed by atoms with Gasteiger partial charge in [-0.2, -0.15) is 0 Å². The average Bonchev–Trinajstić information content (AvgIpc) is 2.57. The Morgan fingerprint density at radius 2 is 2.06 bits per heavy atom. The predicted octanol–water partition coefficient (Wildman–Crippen LogP) is 3.22. The fraction of sp³-hybridized carbons (Fsp3) is 1.00. The Kier molecular flexibility index (Phi) is 5.26. The molecule has 0 bridgehead atoms. The van der Waals surface area contributed by atoms with Crippen molar-refractivity contribution in [3.63, 3.8) is 0 Å². The lowest BCUT2D eigenvalue weighted by molar-refractivity contribution is 0.0927. The van der Waals surface area contributed by atoms with Gasteiger partial charge in [0.1, 0.15) is 0 Å². The van der Waals surface area contributed by atoms with Crippen molar-refractivity contribution in [1.29, 1.82) is 0 Å². The van der Waals surface area contributed by atoms with Crippen LogP contribution in [0.25, 0.3) is 0 Å². The van der Waals surface area contributed by atoms with Crippen molar-refractivity contribution in [3.05, 3.63) is 0 Å². The molecule has 16 heavy (non-hydrogen) atoms. The molecule has 0 aliphatic carbocycles. The zero-order valence-electron chi connectivity index (χ0n) is 11.7. The van der Waals surface area contributed by atoms with Gasteiger partial charge in [-0.05, 0) is 38.1 Å². The summed E-state index contributed by atoms with van der Waals surface area (Å²) in [5.41, 5.74) is 0.441. The van der Waals surface area contributed by atoms with Crippen molar-refractivity contribution >= 4 is 0 Å². The minimum absolute atomic E-state index is 0.434. The largest absolute Gasteiger partial charge is 0.378 e. The van der Waals surface area contributed by atoms with E-state index in [1.54, 1.807) is 0 Å². The Labute approximate surface area is 101 Å². The molecule has 2 heteroatoms. The summed E-state index contributed by atoms with van der Waals surface area (Å²) in [7, 11) is 0. The van der Waals surface area contributed by atoms with Gasteiger partial charge in [-0.1, -0.05) is 27.7 Å². The van der Waals surface area contributed by atoms with Crippen LogP contribution in [-0.4, -0.2) is 25.3 Å². The van der Waals surface area contributed by atoms with Crippen LogP contribution in [0.3, 0.4) is 0 Å². The highest BCUT2D eigenvalue weighted by Crippen LogP contribution is 2.29. The predicted molar refractivity (Wildman–Crippen MR) is 69.7 cm³/mol. The minimum Gasteiger partial charge on any atom is -0.378 e. The highest BCUT2D eigenvalue weighted by Gasteiger charge is 2.31. The number of hydrogen-bond acceptors (Lipinski definition) is 2. The van der Waals surface area contributed by atoms with Gasteiger partial charge in [0, 0.05) is 18.6 Å². The van der Waals surface area contributed by atoms with Crippen molar-refractivity contribution in [1.82, 2.24) is 5.32 Å². The molecule has 96 valence electrons. The topological polar surface area (TPSA) is 21.3 Å². The van der Waals surface area contributed by atoms with E-state index in [-0.39, 0.29) is 0 Å². The maximum absolute atomic E-state index is 5.68. The molecule has 2 nitrogen and oxygen atoms in total. The molecule has 1 rings (SSSR count). The monoisotopic (exact) mass is 227 g/mol. The van der Waals surface area contributed by atoms with Gasteiger partial charge < -0.3 is 10.1 Å². The molecule has 0 aromatic rings. The van der Waals surface area contributed by atoms with Gasteiger partial charge in [-0.15, -0.1) is 0 Å². The van der Waals surface area contributed by atoms with Gasteiger partial charge in [0.25, 0.3) is 0 Å². The van der Waals surface area contributed by atoms with Crippen molar-refractivity contribution in [2.75, 3.05) is 13.2 Å². The second-order valence-corrected chi connectivity index (χ2v) is 6.29. The van der Waals surface area contributed by atoms with Crippen molar-refractivity contribution < 1.29 is 4.74 Å². The third-order valence-electron chi connectivity index (χ3n) is 3.62. The lowest BCUT2D eigenvalue weighted by Gasteiger charge is -2.29. The second-order valence-electron chi connectivity index (χ2n) is 6.29. The van der Waals surface area contributed by atoms with Crippen LogP contribution in [0, 0.1) is 11.3 Å². The summed E-state index contributed by atoms with van der Waals surface area (Å²) < 4.78 is 5.68. The van der Waals surface area contributed by atoms with E-state index >= 15 is 0 Å². The normalized spacial score (nSPS) is 28.3. The molecule has 1 heterocycles. The summed E-state index contributed by atoms with van der Waals surface area (Å²) in [6.45, 7) is 13.4. The lowest BCUT2D eigenvalue weighted by atomic mass is 9.83. The van der Waals surface area contributed by atoms with Gasteiger partial charge in [0.15, 0.2) is 0 Å². The molecule has 0 saturated carbocycles. The summed E-state index contributed by atoms with van der Waals surface area (Å²) >= 11 is 0. The summed E-state index contributed by atoms with van der Waals surface area (Å²) in [4.78, 5) is 0. The maximum Gasteiger partial charge on any atom is 0.0590 e. The van der Waals surface area contributed by atoms with E-state index in [2.05, 4.69) is 39.9 Å². The minimum atomic E-state index is 0.434. The molecule has 3 unspecified atom stereocenters. The van der Waals surface area contributed by atoms with Gasteiger partial charge in [-0.25, -0.2) is 0 Å². The zero-order chi connectivity index (χ0) is 12.2. The molecule has 3 atom stereocenters. The molecular formula is C14H29NO. The molecule has 0 radical (unpaired) electrons. The first-order valence-corrected chi connectivity index (χ1v) is 6.79. The maximum atomic E-state index is 5.68. The molecule has 0 aromatic heterocycles. The van der Waals surface area contributed by atoms with Crippen LogP contribution in [-0.2, 0) is 4.74 Å². The molecule has 0 spiro atoms. The van der Waals surface area contributed by atoms with Crippen molar-refractivity contribution in [2.45, 2.75) is 66.0 Å². The van der Waals surface area contributed by atoms with Crippen LogP contribution in [0.1, 0.15) is 53.9 Å². The number of nitrogens with one attached hydrogen (secondary N) is 1. The molecule has 1 fully saturated rings. The third-order valence-corrected chi connectivity index (χ3v) is 3.62. The highest BCUT2D eigenvalue weighted by atomic mass is 16.5. The molecule has 1 N–H and O–H groups in total. The molecule has 1 aliphatic heterocycles. The SMILES string of the molecule is CCNC(CCC(C)(C)C)C1CCOC1C. The highest BCUT2D eigenvalue weighted by molar-refractivity contribution is 4.85. The molecule has 0 aromatic carbocycles. The van der Waals surface area contributed by atoms with Crippen LogP contribution in [0.2, 0.25) is 0 Å². The molecular weight excluding hydrogens is 198 g/mol. The van der Waals surface area contributed by atoms with Crippen LogP contribution in [0.5, 0.6) is 0 Å². The Morgan fingerprint density at radius 3 is 2.50 bits per heavy atom. The van der Waals surface area contributed by atoms with E-state index in [1.165, 1.54) is 19.3 Å². The summed E-state index contributed by atoms with van der Waals surface area (Å²) in [6, 6.07) is 0.640. The van der Waals surface area contributed by atoms with Gasteiger partial charge in [-0.3, -0.25) is 0 Å². The third kappa shape index (κ3) is 4.42. The van der Waals surface area contributed by atoms with Gasteiger partial charge in [0.2, 0.25) is 0 Å². The molecule has 0 amide bonds. The standard InChI is InChI=1S/C14H29NO/c1-6-15-13(7-9-14(3,4)5)12-8-10-16-11(12)2/h11-13,15H,6-10H2,1-5H3. The van der Waals surface area contributed by atoms with Crippen LogP contribution >= 0.6 is 0 Å². The first-order valence-electron chi connectivity index (χ1n) is 6.79. The Hall–Kier alpha value is -0.0800.